The smallest absolute Gasteiger partial charge is 0.434 e. The highest BCUT2D eigenvalue weighted by Gasteiger charge is 2.61. The Labute approximate surface area is 130 Å². The number of carbonyl (C=O) groups excluding carboxylic acids is 1. The van der Waals surface area contributed by atoms with Gasteiger partial charge in [-0.05, 0) is 22.7 Å². The standard InChI is InChI=1S/C15H20F6O2/c1-12(2,3)10-8(13(10,4)5)6-7-9(22)23-11(14(16,17)18)15(19,20)21/h6-8,10-11H,1-5H3/b7-6+. The summed E-state index contributed by atoms with van der Waals surface area (Å²) in [7, 11) is 0. The molecule has 0 aromatic rings. The third-order valence-electron chi connectivity index (χ3n) is 4.11. The van der Waals surface area contributed by atoms with Gasteiger partial charge in [0.1, 0.15) is 0 Å². The van der Waals surface area contributed by atoms with Crippen molar-refractivity contribution in [3.05, 3.63) is 12.2 Å². The van der Waals surface area contributed by atoms with Crippen molar-refractivity contribution in [2.24, 2.45) is 22.7 Å². The summed E-state index contributed by atoms with van der Waals surface area (Å²) in [6, 6.07) is 0. The molecule has 0 bridgehead atoms. The second kappa shape index (κ2) is 5.70. The van der Waals surface area contributed by atoms with Crippen LogP contribution in [0, 0.1) is 22.7 Å². The number of hydrogen-bond donors (Lipinski definition) is 0. The summed E-state index contributed by atoms with van der Waals surface area (Å²) in [5.41, 5.74) is -0.272. The Kier molecular flexibility index (Phi) is 4.92. The molecule has 0 saturated heterocycles. The van der Waals surface area contributed by atoms with Crippen molar-refractivity contribution in [2.75, 3.05) is 0 Å². The van der Waals surface area contributed by atoms with Gasteiger partial charge in [0.05, 0.1) is 0 Å². The van der Waals surface area contributed by atoms with Crippen LogP contribution in [0.2, 0.25) is 0 Å². The molecule has 2 atom stereocenters. The molecule has 2 nitrogen and oxygen atoms in total. The maximum atomic E-state index is 12.3. The van der Waals surface area contributed by atoms with E-state index in [1.165, 1.54) is 6.08 Å². The van der Waals surface area contributed by atoms with Crippen molar-refractivity contribution in [1.82, 2.24) is 0 Å². The van der Waals surface area contributed by atoms with Crippen molar-refractivity contribution in [2.45, 2.75) is 53.1 Å². The Morgan fingerprint density at radius 3 is 1.78 bits per heavy atom. The topological polar surface area (TPSA) is 26.3 Å². The molecule has 1 aliphatic carbocycles. The molecule has 0 aliphatic heterocycles. The predicted molar refractivity (Wildman–Crippen MR) is 71.3 cm³/mol. The van der Waals surface area contributed by atoms with Gasteiger partial charge in [-0.25, -0.2) is 4.79 Å². The maximum Gasteiger partial charge on any atom is 0.434 e. The minimum atomic E-state index is -5.70. The Balaban J connectivity index is 2.78. The van der Waals surface area contributed by atoms with Gasteiger partial charge in [-0.2, -0.15) is 26.3 Å². The summed E-state index contributed by atoms with van der Waals surface area (Å²) in [5.74, 6) is -1.59. The van der Waals surface area contributed by atoms with E-state index in [1.807, 2.05) is 34.6 Å². The van der Waals surface area contributed by atoms with Crippen molar-refractivity contribution in [3.63, 3.8) is 0 Å². The van der Waals surface area contributed by atoms with Crippen LogP contribution >= 0.6 is 0 Å². The zero-order chi connectivity index (χ0) is 18.4. The minimum Gasteiger partial charge on any atom is -0.440 e. The van der Waals surface area contributed by atoms with Crippen molar-refractivity contribution in [3.8, 4) is 0 Å². The lowest BCUT2D eigenvalue weighted by Gasteiger charge is -2.22. The van der Waals surface area contributed by atoms with Crippen LogP contribution in [0.15, 0.2) is 12.2 Å². The Morgan fingerprint density at radius 2 is 1.48 bits per heavy atom. The number of halogens is 6. The average Bonchev–Trinajstić information content (AvgIpc) is 2.82. The molecule has 0 heterocycles. The highest BCUT2D eigenvalue weighted by atomic mass is 19.4. The van der Waals surface area contributed by atoms with Crippen LogP contribution in [0.3, 0.4) is 0 Å². The molecular formula is C15H20F6O2. The average molecular weight is 346 g/mol. The van der Waals surface area contributed by atoms with E-state index in [-0.39, 0.29) is 22.7 Å². The third kappa shape index (κ3) is 4.64. The van der Waals surface area contributed by atoms with E-state index in [9.17, 15) is 31.1 Å². The van der Waals surface area contributed by atoms with E-state index in [0.29, 0.717) is 6.08 Å². The SMILES string of the molecule is CC(C)(C)C1C(/C=C/C(=O)OC(C(F)(F)F)C(F)(F)F)C1(C)C. The van der Waals surface area contributed by atoms with E-state index in [4.69, 9.17) is 0 Å². The molecule has 1 saturated carbocycles. The van der Waals surface area contributed by atoms with E-state index in [2.05, 4.69) is 4.74 Å². The summed E-state index contributed by atoms with van der Waals surface area (Å²) in [4.78, 5) is 11.3. The molecule has 134 valence electrons. The number of ether oxygens (including phenoxy) is 1. The van der Waals surface area contributed by atoms with Gasteiger partial charge in [0.2, 0.25) is 0 Å². The minimum absolute atomic E-state index is 0.0944. The van der Waals surface area contributed by atoms with E-state index >= 15 is 0 Å². The van der Waals surface area contributed by atoms with Crippen LogP contribution in [0.1, 0.15) is 34.6 Å². The van der Waals surface area contributed by atoms with Gasteiger partial charge in [0.15, 0.2) is 0 Å². The van der Waals surface area contributed by atoms with E-state index in [0.717, 1.165) is 0 Å². The molecule has 1 rings (SSSR count). The van der Waals surface area contributed by atoms with Crippen LogP contribution in [0.5, 0.6) is 0 Å². The normalized spacial score (nSPS) is 25.0. The van der Waals surface area contributed by atoms with Gasteiger partial charge in [-0.1, -0.05) is 40.7 Å². The second-order valence-corrected chi connectivity index (χ2v) is 7.45. The van der Waals surface area contributed by atoms with Gasteiger partial charge in [0, 0.05) is 6.08 Å². The third-order valence-corrected chi connectivity index (χ3v) is 4.11. The fraction of sp³-hybridized carbons (Fsp3) is 0.800. The quantitative estimate of drug-likeness (QED) is 0.413. The van der Waals surface area contributed by atoms with Crippen LogP contribution in [0.4, 0.5) is 26.3 Å². The molecule has 0 spiro atoms. The highest BCUT2D eigenvalue weighted by molar-refractivity contribution is 5.82. The fourth-order valence-electron chi connectivity index (χ4n) is 3.35. The van der Waals surface area contributed by atoms with Crippen molar-refractivity contribution < 1.29 is 35.9 Å². The number of carbonyl (C=O) groups is 1. The first-order valence-electron chi connectivity index (χ1n) is 7.01. The summed E-state index contributed by atoms with van der Waals surface area (Å²) < 4.78 is 77.4. The number of alkyl halides is 6. The number of allylic oxidation sites excluding steroid dienone is 1. The summed E-state index contributed by atoms with van der Waals surface area (Å²) in [6.45, 7) is 9.80. The second-order valence-electron chi connectivity index (χ2n) is 7.45. The van der Waals surface area contributed by atoms with Crippen LogP contribution in [-0.4, -0.2) is 24.4 Å². The monoisotopic (exact) mass is 346 g/mol. The van der Waals surface area contributed by atoms with E-state index < -0.39 is 24.4 Å². The van der Waals surface area contributed by atoms with Gasteiger partial charge >= 0.3 is 18.3 Å². The number of esters is 1. The van der Waals surface area contributed by atoms with Crippen molar-refractivity contribution >= 4 is 5.97 Å². The first kappa shape index (κ1) is 19.8. The molecule has 0 amide bonds. The van der Waals surface area contributed by atoms with Crippen LogP contribution in [0.25, 0.3) is 0 Å². The summed E-state index contributed by atoms with van der Waals surface area (Å²) in [6.07, 6.45) is -13.5. The maximum absolute atomic E-state index is 12.3. The largest absolute Gasteiger partial charge is 0.440 e. The predicted octanol–water partition coefficient (Wildman–Crippen LogP) is 4.90. The van der Waals surface area contributed by atoms with Crippen LogP contribution < -0.4 is 0 Å². The van der Waals surface area contributed by atoms with Crippen LogP contribution in [-0.2, 0) is 9.53 Å². The Hall–Kier alpha value is -1.21. The molecule has 1 fully saturated rings. The first-order chi connectivity index (χ1) is 9.99. The highest BCUT2D eigenvalue weighted by Crippen LogP contribution is 2.66. The zero-order valence-electron chi connectivity index (χ0n) is 13.5. The lowest BCUT2D eigenvalue weighted by atomic mass is 9.85. The molecule has 0 N–H and O–H groups in total. The molecule has 1 aliphatic rings. The fourth-order valence-corrected chi connectivity index (χ4v) is 3.35. The lowest BCUT2D eigenvalue weighted by Crippen LogP contribution is -2.45. The number of hydrogen-bond acceptors (Lipinski definition) is 2. The Bertz CT molecular complexity index is 468. The van der Waals surface area contributed by atoms with Gasteiger partial charge in [-0.3, -0.25) is 0 Å². The van der Waals surface area contributed by atoms with Gasteiger partial charge in [-0.15, -0.1) is 0 Å². The Morgan fingerprint density at radius 1 is 1.04 bits per heavy atom. The van der Waals surface area contributed by atoms with Gasteiger partial charge < -0.3 is 4.74 Å². The first-order valence-corrected chi connectivity index (χ1v) is 7.01. The molecule has 23 heavy (non-hydrogen) atoms. The molecule has 0 radical (unpaired) electrons. The summed E-state index contributed by atoms with van der Waals surface area (Å²) in [5, 5.41) is 0. The molecule has 2 unspecified atom stereocenters. The molecular weight excluding hydrogens is 326 g/mol. The molecule has 8 heteroatoms. The van der Waals surface area contributed by atoms with Crippen molar-refractivity contribution in [1.29, 1.82) is 0 Å². The summed E-state index contributed by atoms with van der Waals surface area (Å²) >= 11 is 0. The van der Waals surface area contributed by atoms with Gasteiger partial charge in [0.25, 0.3) is 6.10 Å². The number of rotatable bonds is 3. The lowest BCUT2D eigenvalue weighted by molar-refractivity contribution is -0.312. The molecule has 0 aromatic heterocycles. The molecule has 0 aromatic carbocycles. The van der Waals surface area contributed by atoms with E-state index in [1.54, 1.807) is 0 Å². The zero-order valence-corrected chi connectivity index (χ0v) is 13.5.